The Morgan fingerprint density at radius 2 is 1.69 bits per heavy atom. The zero-order chi connectivity index (χ0) is 20.5. The van der Waals surface area contributed by atoms with Crippen LogP contribution in [-0.2, 0) is 9.53 Å². The van der Waals surface area contributed by atoms with Crippen molar-refractivity contribution in [2.24, 2.45) is 0 Å². The van der Waals surface area contributed by atoms with Gasteiger partial charge in [-0.1, -0.05) is 43.2 Å². The molecule has 2 aliphatic rings. The van der Waals surface area contributed by atoms with Gasteiger partial charge in [0.1, 0.15) is 5.92 Å². The molecule has 6 heteroatoms. The molecule has 0 saturated heterocycles. The first-order chi connectivity index (χ1) is 14.0. The Balaban J connectivity index is 1.85. The highest BCUT2D eigenvalue weighted by Crippen LogP contribution is 2.46. The number of aliphatic carboxylic acids is 1. The van der Waals surface area contributed by atoms with E-state index < -0.39 is 23.9 Å². The highest BCUT2D eigenvalue weighted by molar-refractivity contribution is 6.00. The maximum absolute atomic E-state index is 13.4. The van der Waals surface area contributed by atoms with Crippen molar-refractivity contribution in [1.29, 1.82) is 0 Å². The molecule has 1 heterocycles. The van der Waals surface area contributed by atoms with Crippen LogP contribution in [0, 0.1) is 0 Å². The van der Waals surface area contributed by atoms with Crippen LogP contribution in [-0.4, -0.2) is 41.0 Å². The Kier molecular flexibility index (Phi) is 5.09. The molecule has 2 aromatic carbocycles. The molecule has 2 atom stereocenters. The van der Waals surface area contributed by atoms with Crippen LogP contribution in [0.15, 0.2) is 48.5 Å². The molecule has 0 unspecified atom stereocenters. The Bertz CT molecular complexity index is 946. The van der Waals surface area contributed by atoms with Gasteiger partial charge in [-0.05, 0) is 42.2 Å². The highest BCUT2D eigenvalue weighted by Gasteiger charge is 2.47. The first-order valence-corrected chi connectivity index (χ1v) is 9.85. The maximum atomic E-state index is 13.4. The Morgan fingerprint density at radius 3 is 2.31 bits per heavy atom. The number of hydrogen-bond acceptors (Lipinski definition) is 4. The summed E-state index contributed by atoms with van der Waals surface area (Å²) in [7, 11) is 1.31. The van der Waals surface area contributed by atoms with E-state index in [-0.39, 0.29) is 11.9 Å². The zero-order valence-corrected chi connectivity index (χ0v) is 16.2. The van der Waals surface area contributed by atoms with E-state index in [1.807, 2.05) is 0 Å². The average molecular weight is 393 g/mol. The molecular weight excluding hydrogens is 370 g/mol. The Morgan fingerprint density at radius 1 is 1.03 bits per heavy atom. The van der Waals surface area contributed by atoms with Crippen molar-refractivity contribution in [2.75, 3.05) is 7.11 Å². The molecule has 1 amide bonds. The molecule has 29 heavy (non-hydrogen) atoms. The van der Waals surface area contributed by atoms with Crippen LogP contribution in [0.25, 0.3) is 0 Å². The van der Waals surface area contributed by atoms with Crippen LogP contribution in [0.5, 0.6) is 0 Å². The minimum Gasteiger partial charge on any atom is -0.481 e. The van der Waals surface area contributed by atoms with Gasteiger partial charge in [0, 0.05) is 11.6 Å². The Labute approximate surface area is 169 Å². The smallest absolute Gasteiger partial charge is 0.337 e. The number of hydrogen-bond donors (Lipinski definition) is 1. The van der Waals surface area contributed by atoms with Crippen LogP contribution < -0.4 is 0 Å². The third kappa shape index (κ3) is 3.28. The number of methoxy groups -OCH3 is 1. The molecule has 0 spiro atoms. The van der Waals surface area contributed by atoms with Crippen LogP contribution in [0.1, 0.15) is 69.5 Å². The summed E-state index contributed by atoms with van der Waals surface area (Å²) in [6, 6.07) is 13.1. The molecule has 4 rings (SSSR count). The minimum absolute atomic E-state index is 0.0167. The van der Waals surface area contributed by atoms with Gasteiger partial charge in [-0.3, -0.25) is 9.59 Å². The van der Waals surface area contributed by atoms with Gasteiger partial charge in [0.25, 0.3) is 5.91 Å². The van der Waals surface area contributed by atoms with Crippen molar-refractivity contribution in [1.82, 2.24) is 4.90 Å². The first kappa shape index (κ1) is 19.2. The third-order valence-electron chi connectivity index (χ3n) is 6.03. The van der Waals surface area contributed by atoms with Crippen molar-refractivity contribution in [3.05, 3.63) is 70.8 Å². The number of amides is 1. The van der Waals surface area contributed by atoms with Gasteiger partial charge in [0.05, 0.1) is 18.7 Å². The number of nitrogens with zero attached hydrogens (tertiary/aromatic N) is 1. The van der Waals surface area contributed by atoms with Gasteiger partial charge < -0.3 is 14.7 Å². The lowest BCUT2D eigenvalue weighted by Crippen LogP contribution is -2.49. The van der Waals surface area contributed by atoms with Crippen LogP contribution in [0.3, 0.4) is 0 Å². The van der Waals surface area contributed by atoms with Gasteiger partial charge in [0.2, 0.25) is 0 Å². The minimum atomic E-state index is -0.963. The largest absolute Gasteiger partial charge is 0.481 e. The lowest BCUT2D eigenvalue weighted by atomic mass is 9.78. The molecule has 1 saturated carbocycles. The summed E-state index contributed by atoms with van der Waals surface area (Å²) >= 11 is 0. The highest BCUT2D eigenvalue weighted by atomic mass is 16.5. The number of carbonyl (C=O) groups excluding carboxylic acids is 2. The van der Waals surface area contributed by atoms with E-state index >= 15 is 0 Å². The molecule has 2 aromatic rings. The van der Waals surface area contributed by atoms with E-state index in [0.717, 1.165) is 25.7 Å². The van der Waals surface area contributed by atoms with Crippen LogP contribution in [0.2, 0.25) is 0 Å². The summed E-state index contributed by atoms with van der Waals surface area (Å²) in [5.74, 6) is -2.40. The monoisotopic (exact) mass is 393 g/mol. The molecule has 6 nitrogen and oxygen atoms in total. The van der Waals surface area contributed by atoms with E-state index in [2.05, 4.69) is 0 Å². The third-order valence-corrected chi connectivity index (χ3v) is 6.03. The number of esters is 1. The molecule has 1 N–H and O–H groups in total. The number of benzene rings is 2. The van der Waals surface area contributed by atoms with Gasteiger partial charge in [-0.15, -0.1) is 0 Å². The van der Waals surface area contributed by atoms with Gasteiger partial charge in [-0.2, -0.15) is 0 Å². The van der Waals surface area contributed by atoms with Crippen LogP contribution in [0.4, 0.5) is 0 Å². The fraction of sp³-hybridized carbons (Fsp3) is 0.348. The molecule has 0 bridgehead atoms. The predicted octanol–water partition coefficient (Wildman–Crippen LogP) is 3.78. The molecule has 150 valence electrons. The lowest BCUT2D eigenvalue weighted by Gasteiger charge is -2.44. The molecule has 1 aliphatic carbocycles. The van der Waals surface area contributed by atoms with E-state index in [1.54, 1.807) is 53.4 Å². The van der Waals surface area contributed by atoms with E-state index in [1.165, 1.54) is 7.11 Å². The van der Waals surface area contributed by atoms with Gasteiger partial charge in [0.15, 0.2) is 0 Å². The Hall–Kier alpha value is -3.15. The second-order valence-corrected chi connectivity index (χ2v) is 7.61. The average Bonchev–Trinajstić information content (AvgIpc) is 3.27. The van der Waals surface area contributed by atoms with Crippen molar-refractivity contribution in [3.8, 4) is 0 Å². The molecule has 1 aliphatic heterocycles. The lowest BCUT2D eigenvalue weighted by molar-refractivity contribution is -0.140. The maximum Gasteiger partial charge on any atom is 0.337 e. The summed E-state index contributed by atoms with van der Waals surface area (Å²) in [5, 5.41) is 10.1. The normalized spacial score (nSPS) is 21.7. The summed E-state index contributed by atoms with van der Waals surface area (Å²) in [6.07, 6.45) is 3.80. The van der Waals surface area contributed by atoms with Gasteiger partial charge in [-0.25, -0.2) is 4.79 Å². The quantitative estimate of drug-likeness (QED) is 0.799. The number of carboxylic acid groups (broad SMARTS) is 1. The number of rotatable bonds is 4. The summed E-state index contributed by atoms with van der Waals surface area (Å²) in [5.41, 5.74) is 2.11. The SMILES string of the molecule is COC(=O)c1ccc([C@@H]2[C@@H](C(=O)O)c3ccccc3C(=O)N2C2CCCC2)cc1. The molecular formula is C23H23NO5. The second kappa shape index (κ2) is 7.70. The first-order valence-electron chi connectivity index (χ1n) is 9.85. The fourth-order valence-electron chi connectivity index (χ4n) is 4.69. The topological polar surface area (TPSA) is 83.9 Å². The summed E-state index contributed by atoms with van der Waals surface area (Å²) < 4.78 is 4.75. The molecule has 0 aromatic heterocycles. The molecule has 0 radical (unpaired) electrons. The summed E-state index contributed by atoms with van der Waals surface area (Å²) in [4.78, 5) is 39.4. The van der Waals surface area contributed by atoms with Crippen molar-refractivity contribution < 1.29 is 24.2 Å². The second-order valence-electron chi connectivity index (χ2n) is 7.61. The van der Waals surface area contributed by atoms with Gasteiger partial charge >= 0.3 is 11.9 Å². The summed E-state index contributed by atoms with van der Waals surface area (Å²) in [6.45, 7) is 0. The number of fused-ring (bicyclic) bond motifs is 1. The predicted molar refractivity (Wildman–Crippen MR) is 106 cm³/mol. The zero-order valence-electron chi connectivity index (χ0n) is 16.2. The number of carboxylic acids is 1. The number of carbonyl (C=O) groups is 3. The van der Waals surface area contributed by atoms with E-state index in [0.29, 0.717) is 22.3 Å². The van der Waals surface area contributed by atoms with E-state index in [4.69, 9.17) is 4.74 Å². The number of ether oxygens (including phenoxy) is 1. The van der Waals surface area contributed by atoms with Crippen molar-refractivity contribution in [3.63, 3.8) is 0 Å². The standard InChI is InChI=1S/C23H23NO5/c1-29-23(28)15-12-10-14(11-13-15)20-19(22(26)27)17-8-4-5-9-18(17)21(25)24(20)16-6-2-3-7-16/h4-5,8-13,16,19-20H,2-3,6-7H2,1H3,(H,26,27)/t19-,20+/m0/s1. The van der Waals surface area contributed by atoms with Crippen molar-refractivity contribution in [2.45, 2.75) is 43.7 Å². The van der Waals surface area contributed by atoms with Crippen molar-refractivity contribution >= 4 is 17.8 Å². The molecule has 1 fully saturated rings. The van der Waals surface area contributed by atoms with E-state index in [9.17, 15) is 19.5 Å². The van der Waals surface area contributed by atoms with Crippen LogP contribution >= 0.6 is 0 Å². The fourth-order valence-corrected chi connectivity index (χ4v) is 4.69.